The molecule has 0 heterocycles. The lowest BCUT2D eigenvalue weighted by molar-refractivity contribution is -0.907. The van der Waals surface area contributed by atoms with Gasteiger partial charge in [-0.2, -0.15) is 0 Å². The van der Waals surface area contributed by atoms with E-state index in [0.717, 1.165) is 17.1 Å². The maximum absolute atomic E-state index is 12.5. The number of carbonyl (C=O) groups excluding carboxylic acids is 1. The minimum absolute atomic E-state index is 0.0911. The van der Waals surface area contributed by atoms with Gasteiger partial charge >= 0.3 is 0 Å². The Labute approximate surface area is 159 Å². The van der Waals surface area contributed by atoms with E-state index in [2.05, 4.69) is 34.5 Å². The minimum atomic E-state index is -0.233. The highest BCUT2D eigenvalue weighted by molar-refractivity contribution is 6.35. The van der Waals surface area contributed by atoms with Crippen molar-refractivity contribution in [1.82, 2.24) is 0 Å². The summed E-state index contributed by atoms with van der Waals surface area (Å²) in [4.78, 5) is 15.7. The largest absolute Gasteiger partial charge is 0.378 e. The van der Waals surface area contributed by atoms with Crippen LogP contribution in [-0.4, -0.2) is 33.1 Å². The molecule has 0 aliphatic carbocycles. The molecule has 1 amide bonds. The first kappa shape index (κ1) is 19.6. The van der Waals surface area contributed by atoms with Crippen molar-refractivity contribution < 1.29 is 9.69 Å². The first-order chi connectivity index (χ1) is 11.8. The summed E-state index contributed by atoms with van der Waals surface area (Å²) in [5.41, 5.74) is 2.88. The molecule has 0 aliphatic rings. The van der Waals surface area contributed by atoms with E-state index in [0.29, 0.717) is 15.7 Å². The van der Waals surface area contributed by atoms with Crippen LogP contribution in [0.2, 0.25) is 10.0 Å². The Bertz CT molecular complexity index is 732. The number of halogens is 2. The molecule has 0 saturated carbocycles. The molecule has 134 valence electrons. The fourth-order valence-corrected chi connectivity index (χ4v) is 2.78. The number of nitrogens with zero attached hydrogens (tertiary/aromatic N) is 1. The van der Waals surface area contributed by atoms with Crippen LogP contribution in [0, 0.1) is 0 Å². The first-order valence-corrected chi connectivity index (χ1v) is 8.88. The van der Waals surface area contributed by atoms with Gasteiger partial charge in [0.05, 0.1) is 17.8 Å². The summed E-state index contributed by atoms with van der Waals surface area (Å²) in [6.45, 7) is 2.66. The Balaban J connectivity index is 1.99. The highest BCUT2D eigenvalue weighted by atomic mass is 35.5. The zero-order chi connectivity index (χ0) is 18.6. The smallest absolute Gasteiger partial charge is 0.282 e. The summed E-state index contributed by atoms with van der Waals surface area (Å²) in [6, 6.07) is 13.1. The topological polar surface area (TPSA) is 36.8 Å². The van der Waals surface area contributed by atoms with Crippen LogP contribution in [0.3, 0.4) is 0 Å². The number of hydrogen-bond donors (Lipinski definition) is 2. The van der Waals surface area contributed by atoms with Gasteiger partial charge in [-0.15, -0.1) is 0 Å². The second-order valence-corrected chi connectivity index (χ2v) is 7.26. The van der Waals surface area contributed by atoms with Crippen molar-refractivity contribution in [2.45, 2.75) is 19.5 Å². The number of anilines is 2. The molecule has 0 saturated heterocycles. The number of nitrogens with one attached hydrogen (secondary N) is 2. The molecular weight excluding hydrogens is 357 g/mol. The molecule has 2 aromatic rings. The Morgan fingerprint density at radius 1 is 1.16 bits per heavy atom. The Morgan fingerprint density at radius 3 is 2.40 bits per heavy atom. The third kappa shape index (κ3) is 5.36. The fourth-order valence-electron chi connectivity index (χ4n) is 2.45. The van der Waals surface area contributed by atoms with E-state index in [1.807, 2.05) is 28.1 Å². The number of likely N-dealkylation sites (N-methyl/N-ethyl adjacent to an activating group) is 1. The number of amides is 1. The first-order valence-electron chi connectivity index (χ1n) is 8.12. The van der Waals surface area contributed by atoms with Crippen LogP contribution in [0.25, 0.3) is 0 Å². The molecule has 1 unspecified atom stereocenters. The Kier molecular flexibility index (Phi) is 6.71. The van der Waals surface area contributed by atoms with Crippen molar-refractivity contribution in [3.63, 3.8) is 0 Å². The van der Waals surface area contributed by atoms with E-state index < -0.39 is 0 Å². The molecule has 6 heteroatoms. The molecule has 0 aromatic heterocycles. The van der Waals surface area contributed by atoms with Crippen molar-refractivity contribution in [3.05, 3.63) is 58.1 Å². The van der Waals surface area contributed by atoms with E-state index in [4.69, 9.17) is 23.2 Å². The highest BCUT2D eigenvalue weighted by Crippen LogP contribution is 2.25. The van der Waals surface area contributed by atoms with Gasteiger partial charge < -0.3 is 15.1 Å². The zero-order valence-corrected chi connectivity index (χ0v) is 16.4. The SMILES string of the molecule is C[C@H](C(=O)Nc1cc(Cl)ccc1Cl)[NH+](C)Cc1ccc(N(C)C)cc1. The van der Waals surface area contributed by atoms with E-state index in [9.17, 15) is 4.79 Å². The van der Waals surface area contributed by atoms with Crippen molar-refractivity contribution in [3.8, 4) is 0 Å². The van der Waals surface area contributed by atoms with Crippen molar-refractivity contribution in [1.29, 1.82) is 0 Å². The summed E-state index contributed by atoms with van der Waals surface area (Å²) < 4.78 is 0. The average Bonchev–Trinajstić information content (AvgIpc) is 2.57. The molecule has 2 rings (SSSR count). The highest BCUT2D eigenvalue weighted by Gasteiger charge is 2.22. The van der Waals surface area contributed by atoms with Gasteiger partial charge in [0.25, 0.3) is 5.91 Å². The van der Waals surface area contributed by atoms with Gasteiger partial charge in [-0.05, 0) is 37.3 Å². The number of quaternary nitrogens is 1. The van der Waals surface area contributed by atoms with Crippen molar-refractivity contribution >= 4 is 40.5 Å². The molecule has 0 radical (unpaired) electrons. The van der Waals surface area contributed by atoms with E-state index in [-0.39, 0.29) is 11.9 Å². The van der Waals surface area contributed by atoms with Gasteiger partial charge in [-0.25, -0.2) is 0 Å². The number of hydrogen-bond acceptors (Lipinski definition) is 2. The van der Waals surface area contributed by atoms with Crippen LogP contribution in [0.5, 0.6) is 0 Å². The molecule has 2 N–H and O–H groups in total. The number of rotatable bonds is 6. The molecule has 0 aliphatic heterocycles. The molecule has 4 nitrogen and oxygen atoms in total. The quantitative estimate of drug-likeness (QED) is 0.807. The van der Waals surface area contributed by atoms with Crippen molar-refractivity contribution in [2.75, 3.05) is 31.4 Å². The predicted molar refractivity (Wildman–Crippen MR) is 106 cm³/mol. The second-order valence-electron chi connectivity index (χ2n) is 6.42. The maximum atomic E-state index is 12.5. The lowest BCUT2D eigenvalue weighted by atomic mass is 10.1. The molecule has 2 atom stereocenters. The van der Waals surface area contributed by atoms with Gasteiger partial charge in [0.2, 0.25) is 0 Å². The Morgan fingerprint density at radius 2 is 1.80 bits per heavy atom. The number of benzene rings is 2. The molecule has 0 spiro atoms. The summed E-state index contributed by atoms with van der Waals surface area (Å²) >= 11 is 12.1. The second kappa shape index (κ2) is 8.56. The van der Waals surface area contributed by atoms with Gasteiger partial charge in [-0.3, -0.25) is 4.79 Å². The fraction of sp³-hybridized carbons (Fsp3) is 0.316. The zero-order valence-electron chi connectivity index (χ0n) is 14.9. The summed E-state index contributed by atoms with van der Waals surface area (Å²) in [7, 11) is 6.03. The summed E-state index contributed by atoms with van der Waals surface area (Å²) in [5.74, 6) is -0.0911. The monoisotopic (exact) mass is 380 g/mol. The van der Waals surface area contributed by atoms with Crippen LogP contribution in [0.15, 0.2) is 42.5 Å². The molecule has 25 heavy (non-hydrogen) atoms. The minimum Gasteiger partial charge on any atom is -0.378 e. The predicted octanol–water partition coefficient (Wildman–Crippen LogP) is 3.10. The van der Waals surface area contributed by atoms with E-state index >= 15 is 0 Å². The van der Waals surface area contributed by atoms with Crippen LogP contribution in [0.4, 0.5) is 11.4 Å². The molecule has 0 bridgehead atoms. The van der Waals surface area contributed by atoms with Gasteiger partial charge in [0, 0.05) is 30.4 Å². The van der Waals surface area contributed by atoms with Crippen LogP contribution >= 0.6 is 23.2 Å². The van der Waals surface area contributed by atoms with Crippen LogP contribution in [0.1, 0.15) is 12.5 Å². The molecular formula is C19H24Cl2N3O+. The average molecular weight is 381 g/mol. The Hall–Kier alpha value is -1.75. The third-order valence-electron chi connectivity index (χ3n) is 4.25. The lowest BCUT2D eigenvalue weighted by Gasteiger charge is -2.22. The van der Waals surface area contributed by atoms with Gasteiger partial charge in [0.1, 0.15) is 6.54 Å². The van der Waals surface area contributed by atoms with E-state index in [1.54, 1.807) is 18.2 Å². The standard InChI is InChI=1S/C19H23Cl2N3O/c1-13(19(25)22-18-11-15(20)7-10-17(18)21)24(4)12-14-5-8-16(9-6-14)23(2)3/h5-11,13H,12H2,1-4H3,(H,22,25)/p+1/t13-/m1/s1. The third-order valence-corrected chi connectivity index (χ3v) is 4.82. The molecule has 2 aromatic carbocycles. The van der Waals surface area contributed by atoms with E-state index in [1.165, 1.54) is 5.56 Å². The van der Waals surface area contributed by atoms with Gasteiger partial charge in [0.15, 0.2) is 6.04 Å². The van der Waals surface area contributed by atoms with Gasteiger partial charge in [-0.1, -0.05) is 35.3 Å². The normalized spacial score (nSPS) is 13.2. The summed E-state index contributed by atoms with van der Waals surface area (Å²) in [6.07, 6.45) is 0. The maximum Gasteiger partial charge on any atom is 0.282 e. The number of carbonyl (C=O) groups is 1. The summed E-state index contributed by atoms with van der Waals surface area (Å²) in [5, 5.41) is 3.87. The van der Waals surface area contributed by atoms with Crippen LogP contribution in [-0.2, 0) is 11.3 Å². The molecule has 0 fully saturated rings. The van der Waals surface area contributed by atoms with Crippen molar-refractivity contribution in [2.24, 2.45) is 0 Å². The lowest BCUT2D eigenvalue weighted by Crippen LogP contribution is -3.12. The van der Waals surface area contributed by atoms with Crippen LogP contribution < -0.4 is 15.1 Å².